The maximum atomic E-state index is 12.1. The van der Waals surface area contributed by atoms with Crippen molar-refractivity contribution in [1.82, 2.24) is 5.32 Å². The molecule has 0 aliphatic heterocycles. The van der Waals surface area contributed by atoms with Crippen LogP contribution in [0, 0.1) is 5.92 Å². The van der Waals surface area contributed by atoms with E-state index in [4.69, 9.17) is 8.83 Å². The van der Waals surface area contributed by atoms with Crippen LogP contribution in [0.4, 0.5) is 0 Å². The molecule has 0 atom stereocenters. The lowest BCUT2D eigenvalue weighted by molar-refractivity contribution is -0.122. The number of rotatable bonds is 6. The van der Waals surface area contributed by atoms with Gasteiger partial charge >= 0.3 is 0 Å². The quantitative estimate of drug-likeness (QED) is 0.881. The highest BCUT2D eigenvalue weighted by Crippen LogP contribution is 2.28. The average Bonchev–Trinajstić information content (AvgIpc) is 3.23. The Hall–Kier alpha value is -1.97. The van der Waals surface area contributed by atoms with Crippen LogP contribution in [0.25, 0.3) is 0 Å². The van der Waals surface area contributed by atoms with Gasteiger partial charge in [-0.05, 0) is 43.0 Å². The summed E-state index contributed by atoms with van der Waals surface area (Å²) >= 11 is 0. The zero-order chi connectivity index (χ0) is 14.5. The van der Waals surface area contributed by atoms with Crippen molar-refractivity contribution in [2.75, 3.05) is 6.54 Å². The van der Waals surface area contributed by atoms with Crippen LogP contribution in [0.15, 0.2) is 45.6 Å². The number of furan rings is 2. The van der Waals surface area contributed by atoms with Crippen molar-refractivity contribution in [2.24, 2.45) is 5.92 Å². The molecule has 1 aliphatic carbocycles. The molecule has 0 spiro atoms. The molecule has 2 aromatic rings. The Balaban J connectivity index is 1.58. The molecule has 0 aromatic carbocycles. The number of amides is 1. The summed E-state index contributed by atoms with van der Waals surface area (Å²) in [5, 5.41) is 3.03. The van der Waals surface area contributed by atoms with Gasteiger partial charge < -0.3 is 14.2 Å². The highest BCUT2D eigenvalue weighted by molar-refractivity contribution is 5.76. The summed E-state index contributed by atoms with van der Waals surface area (Å²) in [5.41, 5.74) is 0. The first-order chi connectivity index (χ1) is 10.3. The van der Waals surface area contributed by atoms with E-state index in [1.807, 2.05) is 24.3 Å². The number of nitrogens with one attached hydrogen (secondary N) is 1. The number of carbonyl (C=O) groups is 1. The predicted molar refractivity (Wildman–Crippen MR) is 78.8 cm³/mol. The molecule has 21 heavy (non-hydrogen) atoms. The Bertz CT molecular complexity index is 504. The summed E-state index contributed by atoms with van der Waals surface area (Å²) in [6.45, 7) is 0.507. The van der Waals surface area contributed by atoms with E-state index in [0.29, 0.717) is 18.9 Å². The summed E-state index contributed by atoms with van der Waals surface area (Å²) < 4.78 is 10.9. The molecule has 1 amide bonds. The smallest absolute Gasteiger partial charge is 0.220 e. The van der Waals surface area contributed by atoms with Gasteiger partial charge in [-0.1, -0.05) is 12.8 Å². The molecule has 4 heteroatoms. The Morgan fingerprint density at radius 2 is 1.76 bits per heavy atom. The van der Waals surface area contributed by atoms with Gasteiger partial charge in [-0.2, -0.15) is 0 Å². The average molecular weight is 287 g/mol. The van der Waals surface area contributed by atoms with Gasteiger partial charge in [0.2, 0.25) is 5.91 Å². The first-order valence-electron chi connectivity index (χ1n) is 7.66. The fourth-order valence-electron chi connectivity index (χ4n) is 3.09. The van der Waals surface area contributed by atoms with Crippen LogP contribution in [0.3, 0.4) is 0 Å². The van der Waals surface area contributed by atoms with Crippen LogP contribution in [0.2, 0.25) is 0 Å². The van der Waals surface area contributed by atoms with E-state index < -0.39 is 0 Å². The van der Waals surface area contributed by atoms with Gasteiger partial charge in [0.25, 0.3) is 0 Å². The molecule has 1 fully saturated rings. The summed E-state index contributed by atoms with van der Waals surface area (Å²) in [6.07, 6.45) is 8.83. The molecule has 4 nitrogen and oxygen atoms in total. The van der Waals surface area contributed by atoms with Crippen LogP contribution in [0.5, 0.6) is 0 Å². The molecule has 112 valence electrons. The molecule has 0 unspecified atom stereocenters. The molecular weight excluding hydrogens is 266 g/mol. The van der Waals surface area contributed by atoms with E-state index in [-0.39, 0.29) is 11.8 Å². The molecule has 3 rings (SSSR count). The third-order valence-corrected chi connectivity index (χ3v) is 4.23. The second-order valence-electron chi connectivity index (χ2n) is 5.74. The Kier molecular flexibility index (Phi) is 4.43. The van der Waals surface area contributed by atoms with E-state index >= 15 is 0 Å². The zero-order valence-corrected chi connectivity index (χ0v) is 12.1. The normalized spacial score (nSPS) is 15.7. The summed E-state index contributed by atoms with van der Waals surface area (Å²) in [7, 11) is 0. The molecule has 1 saturated carbocycles. The maximum absolute atomic E-state index is 12.1. The van der Waals surface area contributed by atoms with Gasteiger partial charge in [0.1, 0.15) is 11.5 Å². The molecule has 1 aliphatic rings. The minimum Gasteiger partial charge on any atom is -0.469 e. The summed E-state index contributed by atoms with van der Waals surface area (Å²) in [6, 6.07) is 7.53. The molecule has 0 bridgehead atoms. The second kappa shape index (κ2) is 6.66. The van der Waals surface area contributed by atoms with Crippen molar-refractivity contribution in [3.05, 3.63) is 48.3 Å². The van der Waals surface area contributed by atoms with Gasteiger partial charge in [0.15, 0.2) is 0 Å². The van der Waals surface area contributed by atoms with Gasteiger partial charge in [-0.15, -0.1) is 0 Å². The number of carbonyl (C=O) groups excluding carboxylic acids is 1. The van der Waals surface area contributed by atoms with Crippen LogP contribution < -0.4 is 5.32 Å². The van der Waals surface area contributed by atoms with Crippen molar-refractivity contribution >= 4 is 5.91 Å². The summed E-state index contributed by atoms with van der Waals surface area (Å²) in [5.74, 6) is 2.25. The second-order valence-corrected chi connectivity index (χ2v) is 5.74. The third kappa shape index (κ3) is 3.57. The Morgan fingerprint density at radius 1 is 1.14 bits per heavy atom. The minimum atomic E-state index is -0.0671. The first kappa shape index (κ1) is 14.0. The van der Waals surface area contributed by atoms with Crippen molar-refractivity contribution in [2.45, 2.75) is 38.0 Å². The highest BCUT2D eigenvalue weighted by atomic mass is 16.3. The number of hydrogen-bond acceptors (Lipinski definition) is 3. The molecular formula is C17H21NO3. The standard InChI is InChI=1S/C17H21NO3/c19-17(11-13-5-1-2-6-13)18-12-14(15-7-3-9-20-15)16-8-4-10-21-16/h3-4,7-10,13-14H,1-2,5-6,11-12H2,(H,18,19). The van der Waals surface area contributed by atoms with E-state index in [9.17, 15) is 4.79 Å². The molecule has 2 aromatic heterocycles. The largest absolute Gasteiger partial charge is 0.469 e. The number of hydrogen-bond donors (Lipinski definition) is 1. The van der Waals surface area contributed by atoms with Crippen LogP contribution in [0.1, 0.15) is 49.5 Å². The van der Waals surface area contributed by atoms with E-state index in [1.165, 1.54) is 25.7 Å². The molecule has 0 radical (unpaired) electrons. The monoisotopic (exact) mass is 287 g/mol. The molecule has 0 saturated heterocycles. The molecule has 2 heterocycles. The first-order valence-corrected chi connectivity index (χ1v) is 7.66. The van der Waals surface area contributed by atoms with E-state index in [2.05, 4.69) is 5.32 Å². The Labute approximate surface area is 124 Å². The van der Waals surface area contributed by atoms with E-state index in [1.54, 1.807) is 12.5 Å². The minimum absolute atomic E-state index is 0.0671. The SMILES string of the molecule is O=C(CC1CCCC1)NCC(c1ccco1)c1ccco1. The van der Waals surface area contributed by atoms with E-state index in [0.717, 1.165) is 11.5 Å². The predicted octanol–water partition coefficient (Wildman–Crippen LogP) is 3.70. The summed E-state index contributed by atoms with van der Waals surface area (Å²) in [4.78, 5) is 12.1. The lowest BCUT2D eigenvalue weighted by Gasteiger charge is -2.14. The molecule has 1 N–H and O–H groups in total. The van der Waals surface area contributed by atoms with Gasteiger partial charge in [-0.3, -0.25) is 4.79 Å². The lowest BCUT2D eigenvalue weighted by Crippen LogP contribution is -2.29. The third-order valence-electron chi connectivity index (χ3n) is 4.23. The highest BCUT2D eigenvalue weighted by Gasteiger charge is 2.22. The van der Waals surface area contributed by atoms with Crippen molar-refractivity contribution in [1.29, 1.82) is 0 Å². The Morgan fingerprint density at radius 3 is 2.29 bits per heavy atom. The van der Waals surface area contributed by atoms with Crippen molar-refractivity contribution in [3.8, 4) is 0 Å². The maximum Gasteiger partial charge on any atom is 0.220 e. The van der Waals surface area contributed by atoms with Crippen LogP contribution in [-0.4, -0.2) is 12.5 Å². The topological polar surface area (TPSA) is 55.4 Å². The van der Waals surface area contributed by atoms with Crippen molar-refractivity contribution in [3.63, 3.8) is 0 Å². The van der Waals surface area contributed by atoms with Crippen molar-refractivity contribution < 1.29 is 13.6 Å². The van der Waals surface area contributed by atoms with Crippen LogP contribution >= 0.6 is 0 Å². The zero-order valence-electron chi connectivity index (χ0n) is 12.1. The van der Waals surface area contributed by atoms with Gasteiger partial charge in [0.05, 0.1) is 18.4 Å². The van der Waals surface area contributed by atoms with Crippen LogP contribution in [-0.2, 0) is 4.79 Å². The lowest BCUT2D eigenvalue weighted by atomic mass is 10.0. The fraction of sp³-hybridized carbons (Fsp3) is 0.471. The fourth-order valence-corrected chi connectivity index (χ4v) is 3.09. The van der Waals surface area contributed by atoms with Gasteiger partial charge in [0, 0.05) is 13.0 Å². The van der Waals surface area contributed by atoms with Gasteiger partial charge in [-0.25, -0.2) is 0 Å².